The maximum absolute atomic E-state index is 11.4. The summed E-state index contributed by atoms with van der Waals surface area (Å²) in [5, 5.41) is 3.09. The molecule has 1 aromatic heterocycles. The maximum Gasteiger partial charge on any atom is 0.267 e. The molecule has 0 aliphatic heterocycles. The normalized spacial score (nSPS) is 10.3. The van der Waals surface area contributed by atoms with E-state index in [1.807, 2.05) is 25.1 Å². The van der Waals surface area contributed by atoms with Gasteiger partial charge in [-0.3, -0.25) is 4.79 Å². The zero-order valence-electron chi connectivity index (χ0n) is 8.92. The van der Waals surface area contributed by atoms with Crippen LogP contribution in [-0.2, 0) is 0 Å². The first kappa shape index (κ1) is 12.3. The Hall–Kier alpha value is -1.14. The fourth-order valence-electron chi connectivity index (χ4n) is 1.42. The number of aromatic amines is 1. The van der Waals surface area contributed by atoms with Crippen molar-refractivity contribution in [1.29, 1.82) is 0 Å². The first-order valence-electron chi connectivity index (χ1n) is 4.83. The first-order valence-corrected chi connectivity index (χ1v) is 6.42. The minimum Gasteiger partial charge on any atom is -0.339 e. The molecule has 17 heavy (non-hydrogen) atoms. The van der Waals surface area contributed by atoms with E-state index in [4.69, 9.17) is 0 Å². The molecule has 6 heteroatoms. The number of aromatic nitrogens is 2. The lowest BCUT2D eigenvalue weighted by atomic mass is 10.2. The Balaban J connectivity index is 2.38. The molecule has 1 aromatic carbocycles. The minimum absolute atomic E-state index is 0.214. The van der Waals surface area contributed by atoms with E-state index in [0.29, 0.717) is 10.3 Å². The number of halogens is 2. The highest BCUT2D eigenvalue weighted by molar-refractivity contribution is 9.10. The molecule has 88 valence electrons. The maximum atomic E-state index is 11.4. The van der Waals surface area contributed by atoms with Gasteiger partial charge in [-0.25, -0.2) is 4.98 Å². The summed E-state index contributed by atoms with van der Waals surface area (Å²) in [6.45, 7) is 2.00. The number of H-pyrrole nitrogens is 1. The lowest BCUT2D eigenvalue weighted by Crippen LogP contribution is -2.10. The third-order valence-corrected chi connectivity index (χ3v) is 3.29. The molecule has 0 unspecified atom stereocenters. The Labute approximate surface area is 115 Å². The average Bonchev–Trinajstić information content (AvgIpc) is 2.23. The third-order valence-electron chi connectivity index (χ3n) is 2.10. The van der Waals surface area contributed by atoms with Crippen LogP contribution in [0.4, 0.5) is 11.5 Å². The lowest BCUT2D eigenvalue weighted by Gasteiger charge is -2.08. The second kappa shape index (κ2) is 5.01. The lowest BCUT2D eigenvalue weighted by molar-refractivity contribution is 1.10. The largest absolute Gasteiger partial charge is 0.339 e. The van der Waals surface area contributed by atoms with Crippen LogP contribution >= 0.6 is 31.9 Å². The third kappa shape index (κ3) is 2.95. The summed E-state index contributed by atoms with van der Waals surface area (Å²) in [6, 6.07) is 5.90. The molecule has 0 saturated carbocycles. The summed E-state index contributed by atoms with van der Waals surface area (Å²) in [7, 11) is 0. The summed E-state index contributed by atoms with van der Waals surface area (Å²) >= 11 is 6.61. The number of hydrogen-bond acceptors (Lipinski definition) is 3. The monoisotopic (exact) mass is 357 g/mol. The van der Waals surface area contributed by atoms with Gasteiger partial charge in [-0.15, -0.1) is 0 Å². The highest BCUT2D eigenvalue weighted by atomic mass is 79.9. The van der Waals surface area contributed by atoms with E-state index in [-0.39, 0.29) is 5.56 Å². The van der Waals surface area contributed by atoms with Gasteiger partial charge < -0.3 is 10.3 Å². The Kier molecular flexibility index (Phi) is 3.63. The van der Waals surface area contributed by atoms with Crippen molar-refractivity contribution in [2.75, 3.05) is 5.32 Å². The number of benzene rings is 1. The second-order valence-corrected chi connectivity index (χ2v) is 5.25. The summed E-state index contributed by atoms with van der Waals surface area (Å²) in [5.74, 6) is 0.492. The minimum atomic E-state index is -0.214. The molecule has 2 aromatic rings. The quantitative estimate of drug-likeness (QED) is 0.865. The van der Waals surface area contributed by atoms with Gasteiger partial charge in [0.2, 0.25) is 0 Å². The molecule has 0 atom stereocenters. The Morgan fingerprint density at radius 2 is 2.06 bits per heavy atom. The van der Waals surface area contributed by atoms with Gasteiger partial charge in [-0.2, -0.15) is 0 Å². The van der Waals surface area contributed by atoms with E-state index < -0.39 is 0 Å². The summed E-state index contributed by atoms with van der Waals surface area (Å²) < 4.78 is 1.36. The van der Waals surface area contributed by atoms with Gasteiger partial charge in [0.1, 0.15) is 4.47 Å². The van der Waals surface area contributed by atoms with Gasteiger partial charge >= 0.3 is 0 Å². The van der Waals surface area contributed by atoms with Crippen molar-refractivity contribution in [3.8, 4) is 0 Å². The molecule has 0 amide bonds. The van der Waals surface area contributed by atoms with Crippen LogP contribution in [0.15, 0.2) is 38.3 Å². The molecular weight excluding hydrogens is 350 g/mol. The molecular formula is C11H9Br2N3O. The molecule has 0 spiro atoms. The van der Waals surface area contributed by atoms with E-state index in [1.165, 1.54) is 6.33 Å². The van der Waals surface area contributed by atoms with Crippen molar-refractivity contribution in [2.24, 2.45) is 0 Å². The van der Waals surface area contributed by atoms with Gasteiger partial charge in [0.05, 0.1) is 6.33 Å². The number of hydrogen-bond donors (Lipinski definition) is 2. The highest BCUT2D eigenvalue weighted by Gasteiger charge is 2.05. The number of rotatable bonds is 2. The first-order chi connectivity index (χ1) is 8.06. The Bertz CT molecular complexity index is 590. The highest BCUT2D eigenvalue weighted by Crippen LogP contribution is 2.24. The van der Waals surface area contributed by atoms with Crippen molar-refractivity contribution in [2.45, 2.75) is 6.92 Å². The molecule has 0 aliphatic rings. The predicted molar refractivity (Wildman–Crippen MR) is 74.7 cm³/mol. The smallest absolute Gasteiger partial charge is 0.267 e. The summed E-state index contributed by atoms with van der Waals surface area (Å²) in [4.78, 5) is 17.9. The van der Waals surface area contributed by atoms with Crippen molar-refractivity contribution in [3.05, 3.63) is 49.4 Å². The van der Waals surface area contributed by atoms with Gasteiger partial charge in [-0.1, -0.05) is 15.9 Å². The van der Waals surface area contributed by atoms with Crippen LogP contribution in [0.5, 0.6) is 0 Å². The molecule has 0 saturated heterocycles. The molecule has 1 heterocycles. The standard InChI is InChI=1S/C11H9Br2N3O/c1-6-2-7(12)4-8(3-6)16-10-9(13)11(17)15-5-14-10/h2-5H,1H3,(H2,14,15,16,17). The van der Waals surface area contributed by atoms with E-state index in [1.54, 1.807) is 0 Å². The van der Waals surface area contributed by atoms with E-state index >= 15 is 0 Å². The van der Waals surface area contributed by atoms with Gasteiger partial charge in [0.15, 0.2) is 5.82 Å². The molecule has 2 N–H and O–H groups in total. The van der Waals surface area contributed by atoms with Crippen LogP contribution in [-0.4, -0.2) is 9.97 Å². The van der Waals surface area contributed by atoms with E-state index in [9.17, 15) is 4.79 Å². The van der Waals surface area contributed by atoms with Gasteiger partial charge in [-0.05, 0) is 46.6 Å². The van der Waals surface area contributed by atoms with Crippen molar-refractivity contribution < 1.29 is 0 Å². The topological polar surface area (TPSA) is 57.8 Å². The van der Waals surface area contributed by atoms with Crippen LogP contribution in [0.2, 0.25) is 0 Å². The number of anilines is 2. The molecule has 4 nitrogen and oxygen atoms in total. The SMILES string of the molecule is Cc1cc(Br)cc(Nc2nc[nH]c(=O)c2Br)c1. The zero-order chi connectivity index (χ0) is 12.4. The number of nitrogens with one attached hydrogen (secondary N) is 2. The van der Waals surface area contributed by atoms with Crippen LogP contribution < -0.4 is 10.9 Å². The zero-order valence-corrected chi connectivity index (χ0v) is 12.1. The van der Waals surface area contributed by atoms with Crippen LogP contribution in [0.3, 0.4) is 0 Å². The summed E-state index contributed by atoms with van der Waals surface area (Å²) in [5.41, 5.74) is 1.77. The molecule has 0 radical (unpaired) electrons. The second-order valence-electron chi connectivity index (χ2n) is 3.54. The molecule has 0 bridgehead atoms. The summed E-state index contributed by atoms with van der Waals surface area (Å²) in [6.07, 6.45) is 1.36. The fourth-order valence-corrected chi connectivity index (χ4v) is 2.34. The predicted octanol–water partition coefficient (Wildman–Crippen LogP) is 3.35. The number of aryl methyl sites for hydroxylation is 1. The molecule has 0 aliphatic carbocycles. The van der Waals surface area contributed by atoms with E-state index in [0.717, 1.165) is 15.7 Å². The Morgan fingerprint density at radius 3 is 2.76 bits per heavy atom. The van der Waals surface area contributed by atoms with Crippen LogP contribution in [0.1, 0.15) is 5.56 Å². The number of nitrogens with zero attached hydrogens (tertiary/aromatic N) is 1. The van der Waals surface area contributed by atoms with E-state index in [2.05, 4.69) is 47.1 Å². The Morgan fingerprint density at radius 1 is 1.29 bits per heavy atom. The van der Waals surface area contributed by atoms with Crippen molar-refractivity contribution >= 4 is 43.4 Å². The fraction of sp³-hybridized carbons (Fsp3) is 0.0909. The van der Waals surface area contributed by atoms with Crippen LogP contribution in [0, 0.1) is 6.92 Å². The van der Waals surface area contributed by atoms with Crippen molar-refractivity contribution in [1.82, 2.24) is 9.97 Å². The van der Waals surface area contributed by atoms with Gasteiger partial charge in [0, 0.05) is 10.2 Å². The molecule has 0 fully saturated rings. The van der Waals surface area contributed by atoms with Crippen molar-refractivity contribution in [3.63, 3.8) is 0 Å². The van der Waals surface area contributed by atoms with Gasteiger partial charge in [0.25, 0.3) is 5.56 Å². The molecule has 2 rings (SSSR count). The average molecular weight is 359 g/mol. The van der Waals surface area contributed by atoms with Crippen LogP contribution in [0.25, 0.3) is 0 Å².